The Hall–Kier alpha value is -2.11. The van der Waals surface area contributed by atoms with Gasteiger partial charge in [-0.15, -0.1) is 0 Å². The summed E-state index contributed by atoms with van der Waals surface area (Å²) in [6, 6.07) is 1.41. The fraction of sp³-hybridized carbons (Fsp3) is 0.500. The average Bonchev–Trinajstić information content (AvgIpc) is 2.85. The van der Waals surface area contributed by atoms with Crippen molar-refractivity contribution < 1.29 is 19.1 Å². The van der Waals surface area contributed by atoms with Crippen molar-refractivity contribution in [1.29, 1.82) is 0 Å². The van der Waals surface area contributed by atoms with Crippen LogP contribution in [0.2, 0.25) is 0 Å². The molecule has 6 nitrogen and oxygen atoms in total. The molecule has 1 aromatic heterocycles. The van der Waals surface area contributed by atoms with E-state index in [1.165, 1.54) is 19.2 Å². The summed E-state index contributed by atoms with van der Waals surface area (Å²) in [6.45, 7) is 6.91. The normalized spacial score (nSPS) is 12.1. The second-order valence-corrected chi connectivity index (χ2v) is 5.03. The van der Waals surface area contributed by atoms with Crippen LogP contribution < -0.4 is 5.32 Å². The van der Waals surface area contributed by atoms with Gasteiger partial charge in [-0.1, -0.05) is 13.8 Å². The van der Waals surface area contributed by atoms with E-state index in [0.717, 1.165) is 0 Å². The summed E-state index contributed by atoms with van der Waals surface area (Å²) >= 11 is 0. The van der Waals surface area contributed by atoms with Crippen molar-refractivity contribution in [2.75, 3.05) is 6.61 Å². The summed E-state index contributed by atoms with van der Waals surface area (Å²) in [5.74, 6) is -0.859. The fourth-order valence-corrected chi connectivity index (χ4v) is 1.39. The van der Waals surface area contributed by atoms with E-state index in [0.29, 0.717) is 11.5 Å². The molecule has 0 fully saturated rings. The number of amides is 1. The van der Waals surface area contributed by atoms with Crippen molar-refractivity contribution >= 4 is 17.7 Å². The molecule has 1 atom stereocenters. The van der Waals surface area contributed by atoms with Gasteiger partial charge in [0, 0.05) is 17.8 Å². The Labute approximate surface area is 117 Å². The lowest BCUT2D eigenvalue weighted by Crippen LogP contribution is -2.38. The van der Waals surface area contributed by atoms with Gasteiger partial charge in [0.2, 0.25) is 0 Å². The SMILES string of the molecule is CC(=O)c1c[nH]c(C(=O)OCC(=O)N[C@H](C)C(C)C)c1. The Morgan fingerprint density at radius 2 is 1.95 bits per heavy atom. The number of aromatic nitrogens is 1. The molecule has 0 saturated carbocycles. The van der Waals surface area contributed by atoms with Crippen molar-refractivity contribution in [2.24, 2.45) is 5.92 Å². The van der Waals surface area contributed by atoms with Crippen LogP contribution in [0, 0.1) is 5.92 Å². The summed E-state index contributed by atoms with van der Waals surface area (Å²) in [4.78, 5) is 37.0. The Balaban J connectivity index is 2.46. The van der Waals surface area contributed by atoms with Crippen LogP contribution in [0.3, 0.4) is 0 Å². The van der Waals surface area contributed by atoms with E-state index in [4.69, 9.17) is 4.74 Å². The summed E-state index contributed by atoms with van der Waals surface area (Å²) in [7, 11) is 0. The van der Waals surface area contributed by atoms with Crippen LogP contribution >= 0.6 is 0 Å². The lowest BCUT2D eigenvalue weighted by Gasteiger charge is -2.17. The van der Waals surface area contributed by atoms with Crippen molar-refractivity contribution in [1.82, 2.24) is 10.3 Å². The zero-order valence-corrected chi connectivity index (χ0v) is 12.1. The van der Waals surface area contributed by atoms with Gasteiger partial charge in [-0.3, -0.25) is 9.59 Å². The van der Waals surface area contributed by atoms with Crippen LogP contribution in [-0.4, -0.2) is 35.3 Å². The zero-order valence-electron chi connectivity index (χ0n) is 12.1. The minimum absolute atomic E-state index is 0.0102. The van der Waals surface area contributed by atoms with Crippen molar-refractivity contribution in [3.05, 3.63) is 23.5 Å². The first-order valence-corrected chi connectivity index (χ1v) is 6.47. The van der Waals surface area contributed by atoms with Crippen LogP contribution in [0.5, 0.6) is 0 Å². The number of aromatic amines is 1. The summed E-state index contributed by atoms with van der Waals surface area (Å²) < 4.78 is 4.87. The van der Waals surface area contributed by atoms with E-state index in [1.54, 1.807) is 0 Å². The van der Waals surface area contributed by atoms with Gasteiger partial charge in [0.1, 0.15) is 5.69 Å². The molecular formula is C14H20N2O4. The van der Waals surface area contributed by atoms with Gasteiger partial charge in [-0.2, -0.15) is 0 Å². The third kappa shape index (κ3) is 4.53. The molecule has 2 N–H and O–H groups in total. The van der Waals surface area contributed by atoms with E-state index < -0.39 is 5.97 Å². The number of ketones is 1. The molecule has 20 heavy (non-hydrogen) atoms. The number of carbonyl (C=O) groups is 3. The summed E-state index contributed by atoms with van der Waals surface area (Å²) in [6.07, 6.45) is 1.43. The number of carbonyl (C=O) groups excluding carboxylic acids is 3. The molecule has 0 aromatic carbocycles. The quantitative estimate of drug-likeness (QED) is 0.611. The Morgan fingerprint density at radius 1 is 1.30 bits per heavy atom. The minimum Gasteiger partial charge on any atom is -0.451 e. The van der Waals surface area contributed by atoms with Crippen LogP contribution in [0.15, 0.2) is 12.3 Å². The van der Waals surface area contributed by atoms with Gasteiger partial charge in [-0.05, 0) is 25.8 Å². The molecule has 0 unspecified atom stereocenters. The number of rotatable bonds is 6. The van der Waals surface area contributed by atoms with Gasteiger partial charge in [-0.25, -0.2) is 4.79 Å². The van der Waals surface area contributed by atoms with Gasteiger partial charge in [0.25, 0.3) is 5.91 Å². The first-order chi connectivity index (χ1) is 9.31. The maximum atomic E-state index is 11.7. The van der Waals surface area contributed by atoms with E-state index in [2.05, 4.69) is 10.3 Å². The van der Waals surface area contributed by atoms with Crippen molar-refractivity contribution in [3.63, 3.8) is 0 Å². The number of Topliss-reactive ketones (excluding diaryl/α,β-unsaturated/α-hetero) is 1. The average molecular weight is 280 g/mol. The number of hydrogen-bond acceptors (Lipinski definition) is 4. The van der Waals surface area contributed by atoms with Crippen LogP contribution in [0.25, 0.3) is 0 Å². The molecule has 110 valence electrons. The van der Waals surface area contributed by atoms with Crippen LogP contribution in [-0.2, 0) is 9.53 Å². The maximum Gasteiger partial charge on any atom is 0.355 e. The first-order valence-electron chi connectivity index (χ1n) is 6.47. The van der Waals surface area contributed by atoms with E-state index in [-0.39, 0.29) is 30.0 Å². The van der Waals surface area contributed by atoms with E-state index >= 15 is 0 Å². The smallest absolute Gasteiger partial charge is 0.355 e. The predicted octanol–water partition coefficient (Wildman–Crippen LogP) is 1.53. The topological polar surface area (TPSA) is 88.3 Å². The summed E-state index contributed by atoms with van der Waals surface area (Å²) in [5.41, 5.74) is 0.551. The lowest BCUT2D eigenvalue weighted by atomic mass is 10.1. The highest BCUT2D eigenvalue weighted by Gasteiger charge is 2.15. The molecule has 0 saturated heterocycles. The minimum atomic E-state index is -0.662. The molecule has 0 radical (unpaired) electrons. The van der Waals surface area contributed by atoms with Crippen molar-refractivity contribution in [2.45, 2.75) is 33.7 Å². The zero-order chi connectivity index (χ0) is 15.3. The second-order valence-electron chi connectivity index (χ2n) is 5.03. The van der Waals surface area contributed by atoms with Gasteiger partial charge in [0.05, 0.1) is 0 Å². The largest absolute Gasteiger partial charge is 0.451 e. The standard InChI is InChI=1S/C14H20N2O4/c1-8(2)9(3)16-13(18)7-20-14(19)12-5-11(6-15-12)10(4)17/h5-6,8-9,15H,7H2,1-4H3,(H,16,18)/t9-/m1/s1. The van der Waals surface area contributed by atoms with Gasteiger partial charge < -0.3 is 15.0 Å². The number of hydrogen-bond donors (Lipinski definition) is 2. The summed E-state index contributed by atoms with van der Waals surface area (Å²) in [5, 5.41) is 2.73. The first kappa shape index (κ1) is 15.9. The number of esters is 1. The lowest BCUT2D eigenvalue weighted by molar-refractivity contribution is -0.125. The van der Waals surface area contributed by atoms with E-state index in [1.807, 2.05) is 20.8 Å². The van der Waals surface area contributed by atoms with Gasteiger partial charge in [0.15, 0.2) is 12.4 Å². The highest BCUT2D eigenvalue weighted by atomic mass is 16.5. The highest BCUT2D eigenvalue weighted by Crippen LogP contribution is 2.06. The third-order valence-electron chi connectivity index (χ3n) is 3.03. The fourth-order valence-electron chi connectivity index (χ4n) is 1.39. The molecule has 1 amide bonds. The highest BCUT2D eigenvalue weighted by molar-refractivity contribution is 5.97. The molecule has 0 bridgehead atoms. The molecule has 1 rings (SSSR count). The van der Waals surface area contributed by atoms with E-state index in [9.17, 15) is 14.4 Å². The predicted molar refractivity (Wildman–Crippen MR) is 73.5 cm³/mol. The van der Waals surface area contributed by atoms with Crippen LogP contribution in [0.4, 0.5) is 0 Å². The molecule has 6 heteroatoms. The number of H-pyrrole nitrogens is 1. The maximum absolute atomic E-state index is 11.7. The Morgan fingerprint density at radius 3 is 2.45 bits per heavy atom. The van der Waals surface area contributed by atoms with Gasteiger partial charge >= 0.3 is 5.97 Å². The van der Waals surface area contributed by atoms with Crippen molar-refractivity contribution in [3.8, 4) is 0 Å². The molecule has 1 heterocycles. The molecule has 1 aromatic rings. The number of nitrogens with one attached hydrogen (secondary N) is 2. The molecule has 0 aliphatic rings. The van der Waals surface area contributed by atoms with Crippen LogP contribution in [0.1, 0.15) is 48.5 Å². The molecule has 0 aliphatic carbocycles. The number of ether oxygens (including phenoxy) is 1. The Bertz CT molecular complexity index is 505. The molecular weight excluding hydrogens is 260 g/mol. The Kier molecular flexibility index (Phi) is 5.49. The monoisotopic (exact) mass is 280 g/mol. The second kappa shape index (κ2) is 6.88. The molecule has 0 aliphatic heterocycles. The third-order valence-corrected chi connectivity index (χ3v) is 3.03. The molecule has 0 spiro atoms.